The third-order valence-corrected chi connectivity index (χ3v) is 5.64. The third-order valence-electron chi connectivity index (χ3n) is 2.65. The third kappa shape index (κ3) is 4.34. The van der Waals surface area contributed by atoms with Gasteiger partial charge in [0.15, 0.2) is 0 Å². The fourth-order valence-corrected chi connectivity index (χ4v) is 2.75. The molecule has 0 radical (unpaired) electrons. The molecule has 0 amide bonds. The summed E-state index contributed by atoms with van der Waals surface area (Å²) in [6, 6.07) is 10.8. The number of benzene rings is 1. The molecule has 0 fully saturated rings. The monoisotopic (exact) mass is 240 g/mol. The summed E-state index contributed by atoms with van der Waals surface area (Å²) in [5.41, 5.74) is 0. The predicted molar refractivity (Wildman–Crippen MR) is 67.0 cm³/mol. The van der Waals surface area contributed by atoms with Gasteiger partial charge in [-0.05, 0) is 31.1 Å². The van der Waals surface area contributed by atoms with E-state index in [2.05, 4.69) is 6.55 Å². The van der Waals surface area contributed by atoms with Crippen molar-refractivity contribution in [2.24, 2.45) is 0 Å². The summed E-state index contributed by atoms with van der Waals surface area (Å²) in [6.07, 6.45) is 0.958. The van der Waals surface area contributed by atoms with Crippen molar-refractivity contribution < 1.29 is 13.6 Å². The highest BCUT2D eigenvalue weighted by molar-refractivity contribution is 6.65. The Bertz CT molecular complexity index is 286. The lowest BCUT2D eigenvalue weighted by Gasteiger charge is -2.22. The second-order valence-corrected chi connectivity index (χ2v) is 7.39. The van der Waals surface area contributed by atoms with Gasteiger partial charge in [0.2, 0.25) is 0 Å². The van der Waals surface area contributed by atoms with E-state index in [0.29, 0.717) is 6.61 Å². The lowest BCUT2D eigenvalue weighted by atomic mass is 10.3. The zero-order valence-electron chi connectivity index (χ0n) is 10.2. The van der Waals surface area contributed by atoms with Crippen molar-refractivity contribution in [3.8, 4) is 5.75 Å². The van der Waals surface area contributed by atoms with Gasteiger partial charge in [0.1, 0.15) is 5.75 Å². The average molecular weight is 240 g/mol. The molecule has 0 aromatic heterocycles. The zero-order chi connectivity index (χ0) is 11.9. The molecule has 4 heteroatoms. The summed E-state index contributed by atoms with van der Waals surface area (Å²) in [4.78, 5) is 0. The van der Waals surface area contributed by atoms with E-state index in [-0.39, 0.29) is 0 Å². The average Bonchev–Trinajstić information content (AvgIpc) is 2.36. The molecule has 3 nitrogen and oxygen atoms in total. The smallest absolute Gasteiger partial charge is 0.334 e. The predicted octanol–water partition coefficient (Wildman–Crippen LogP) is 2.82. The van der Waals surface area contributed by atoms with Crippen LogP contribution in [0, 0.1) is 0 Å². The summed E-state index contributed by atoms with van der Waals surface area (Å²) in [5, 5.41) is 0. The van der Waals surface area contributed by atoms with Crippen molar-refractivity contribution in [3.05, 3.63) is 30.3 Å². The molecule has 0 unspecified atom stereocenters. The molecule has 0 atom stereocenters. The van der Waals surface area contributed by atoms with Crippen LogP contribution in [0.2, 0.25) is 12.6 Å². The molecule has 0 aliphatic carbocycles. The first kappa shape index (κ1) is 13.2. The minimum absolute atomic E-state index is 0.708. The first-order chi connectivity index (χ1) is 7.70. The Labute approximate surface area is 98.6 Å². The van der Waals surface area contributed by atoms with Crippen LogP contribution >= 0.6 is 0 Å². The molecule has 0 saturated heterocycles. The van der Waals surface area contributed by atoms with Gasteiger partial charge in [-0.15, -0.1) is 0 Å². The standard InChI is InChI=1S/C12H20O3Si/c1-13-16(3,14-2)11-7-10-15-12-8-5-4-6-9-12/h4-6,8-9H,7,10-11H2,1-3H3. The minimum atomic E-state index is -1.92. The maximum absolute atomic E-state index is 5.60. The van der Waals surface area contributed by atoms with Gasteiger partial charge in [-0.2, -0.15) is 0 Å². The fraction of sp³-hybridized carbons (Fsp3) is 0.500. The van der Waals surface area contributed by atoms with Crippen molar-refractivity contribution in [2.45, 2.75) is 19.0 Å². The van der Waals surface area contributed by atoms with E-state index in [0.717, 1.165) is 18.2 Å². The van der Waals surface area contributed by atoms with Crippen LogP contribution in [-0.4, -0.2) is 29.4 Å². The van der Waals surface area contributed by atoms with E-state index >= 15 is 0 Å². The molecular weight excluding hydrogens is 220 g/mol. The first-order valence-electron chi connectivity index (χ1n) is 5.48. The second-order valence-electron chi connectivity index (χ2n) is 3.81. The lowest BCUT2D eigenvalue weighted by Crippen LogP contribution is -2.36. The molecule has 0 heterocycles. The van der Waals surface area contributed by atoms with Gasteiger partial charge in [0, 0.05) is 14.2 Å². The molecular formula is C12H20O3Si. The van der Waals surface area contributed by atoms with Crippen LogP contribution in [-0.2, 0) is 8.85 Å². The summed E-state index contributed by atoms with van der Waals surface area (Å²) in [5.74, 6) is 0.917. The molecule has 0 spiro atoms. The Morgan fingerprint density at radius 2 is 1.69 bits per heavy atom. The molecule has 1 aromatic rings. The molecule has 0 aliphatic rings. The largest absolute Gasteiger partial charge is 0.494 e. The number of para-hydroxylation sites is 1. The van der Waals surface area contributed by atoms with E-state index in [9.17, 15) is 0 Å². The van der Waals surface area contributed by atoms with Crippen LogP contribution in [0.4, 0.5) is 0 Å². The van der Waals surface area contributed by atoms with E-state index < -0.39 is 8.56 Å². The number of ether oxygens (including phenoxy) is 1. The van der Waals surface area contributed by atoms with E-state index in [1.54, 1.807) is 14.2 Å². The van der Waals surface area contributed by atoms with Crippen LogP contribution < -0.4 is 4.74 Å². The molecule has 0 N–H and O–H groups in total. The highest BCUT2D eigenvalue weighted by atomic mass is 28.4. The lowest BCUT2D eigenvalue weighted by molar-refractivity contribution is 0.241. The minimum Gasteiger partial charge on any atom is -0.494 e. The molecule has 0 bridgehead atoms. The Hall–Kier alpha value is -0.843. The summed E-state index contributed by atoms with van der Waals surface area (Å²) in [6.45, 7) is 2.77. The zero-order valence-corrected chi connectivity index (χ0v) is 11.2. The SMILES string of the molecule is CO[Si](C)(CCCOc1ccccc1)OC. The normalized spacial score (nSPS) is 11.4. The molecule has 1 aromatic carbocycles. The molecule has 90 valence electrons. The van der Waals surface area contributed by atoms with E-state index in [1.165, 1.54) is 0 Å². The number of rotatable bonds is 7. The van der Waals surface area contributed by atoms with Gasteiger partial charge in [-0.25, -0.2) is 0 Å². The van der Waals surface area contributed by atoms with Gasteiger partial charge in [-0.3, -0.25) is 0 Å². The first-order valence-corrected chi connectivity index (χ1v) is 8.01. The highest BCUT2D eigenvalue weighted by Crippen LogP contribution is 2.15. The number of hydrogen-bond acceptors (Lipinski definition) is 3. The van der Waals surface area contributed by atoms with Crippen molar-refractivity contribution in [1.82, 2.24) is 0 Å². The van der Waals surface area contributed by atoms with Crippen molar-refractivity contribution in [2.75, 3.05) is 20.8 Å². The van der Waals surface area contributed by atoms with E-state index in [4.69, 9.17) is 13.6 Å². The fourth-order valence-electron chi connectivity index (χ4n) is 1.39. The van der Waals surface area contributed by atoms with Crippen LogP contribution in [0.1, 0.15) is 6.42 Å². The van der Waals surface area contributed by atoms with Gasteiger partial charge < -0.3 is 13.6 Å². The van der Waals surface area contributed by atoms with Gasteiger partial charge >= 0.3 is 8.56 Å². The van der Waals surface area contributed by atoms with Crippen molar-refractivity contribution in [1.29, 1.82) is 0 Å². The maximum atomic E-state index is 5.60. The maximum Gasteiger partial charge on any atom is 0.334 e. The molecule has 16 heavy (non-hydrogen) atoms. The quantitative estimate of drug-likeness (QED) is 0.542. The van der Waals surface area contributed by atoms with Crippen molar-refractivity contribution in [3.63, 3.8) is 0 Å². The summed E-state index contributed by atoms with van der Waals surface area (Å²) in [7, 11) is 1.52. The highest BCUT2D eigenvalue weighted by Gasteiger charge is 2.27. The van der Waals surface area contributed by atoms with Crippen LogP contribution in [0.5, 0.6) is 5.75 Å². The number of hydrogen-bond donors (Lipinski definition) is 0. The van der Waals surface area contributed by atoms with Gasteiger partial charge in [0.05, 0.1) is 6.61 Å². The van der Waals surface area contributed by atoms with Crippen LogP contribution in [0.15, 0.2) is 30.3 Å². The van der Waals surface area contributed by atoms with Gasteiger partial charge in [-0.1, -0.05) is 18.2 Å². The van der Waals surface area contributed by atoms with E-state index in [1.807, 2.05) is 30.3 Å². The Morgan fingerprint density at radius 1 is 1.06 bits per heavy atom. The van der Waals surface area contributed by atoms with Crippen LogP contribution in [0.3, 0.4) is 0 Å². The summed E-state index contributed by atoms with van der Waals surface area (Å²) >= 11 is 0. The molecule has 0 saturated carbocycles. The second kappa shape index (κ2) is 6.68. The Balaban J connectivity index is 2.22. The molecule has 1 rings (SSSR count). The van der Waals surface area contributed by atoms with Crippen molar-refractivity contribution >= 4 is 8.56 Å². The molecule has 0 aliphatic heterocycles. The summed E-state index contributed by atoms with van der Waals surface area (Å²) < 4.78 is 16.4. The topological polar surface area (TPSA) is 27.7 Å². The Morgan fingerprint density at radius 3 is 2.25 bits per heavy atom. The van der Waals surface area contributed by atoms with Gasteiger partial charge in [0.25, 0.3) is 0 Å². The Kier molecular flexibility index (Phi) is 5.52. The van der Waals surface area contributed by atoms with Crippen LogP contribution in [0.25, 0.3) is 0 Å².